The molecular weight excluding hydrogens is 364 g/mol. The van der Waals surface area contributed by atoms with E-state index in [2.05, 4.69) is 27.8 Å². The average molecular weight is 386 g/mol. The van der Waals surface area contributed by atoms with E-state index < -0.39 is 5.54 Å². The summed E-state index contributed by atoms with van der Waals surface area (Å²) in [4.78, 5) is 16.3. The van der Waals surface area contributed by atoms with E-state index in [1.807, 2.05) is 60.4 Å². The van der Waals surface area contributed by atoms with Crippen molar-refractivity contribution in [2.75, 3.05) is 0 Å². The van der Waals surface area contributed by atoms with Crippen LogP contribution in [-0.4, -0.2) is 25.6 Å². The number of fused-ring (bicyclic) bond motifs is 1. The van der Waals surface area contributed by atoms with Gasteiger partial charge < -0.3 is 10.5 Å². The first-order valence-electron chi connectivity index (χ1n) is 9.70. The number of hydrogen-bond donors (Lipinski definition) is 1. The molecule has 6 heteroatoms. The minimum Gasteiger partial charge on any atom is -0.459 e. The van der Waals surface area contributed by atoms with Crippen LogP contribution < -0.4 is 5.73 Å². The molecule has 0 saturated heterocycles. The molecule has 1 aliphatic rings. The van der Waals surface area contributed by atoms with Crippen LogP contribution in [0.1, 0.15) is 24.1 Å². The summed E-state index contributed by atoms with van der Waals surface area (Å²) in [6.45, 7) is 2.21. The highest BCUT2D eigenvalue weighted by molar-refractivity contribution is 5.85. The number of nitrogens with zero attached hydrogens (tertiary/aromatic N) is 3. The molecule has 0 atom stereocenters. The Morgan fingerprint density at radius 3 is 2.62 bits per heavy atom. The van der Waals surface area contributed by atoms with Crippen molar-refractivity contribution < 1.29 is 9.53 Å². The molecule has 5 rings (SSSR count). The van der Waals surface area contributed by atoms with Gasteiger partial charge in [-0.1, -0.05) is 30.3 Å². The normalized spacial score (nSPS) is 14.8. The molecule has 1 aliphatic carbocycles. The molecule has 6 nitrogen and oxygen atoms in total. The Morgan fingerprint density at radius 1 is 1.17 bits per heavy atom. The number of benzene rings is 2. The van der Waals surface area contributed by atoms with E-state index in [9.17, 15) is 4.79 Å². The molecule has 2 heterocycles. The standard InChI is InChI=1S/C23H22N4O2/c1-16-13-26(15-25-16)21-12-18-4-2-3-5-20(18)27(21)19-8-6-17(7-9-19)14-29-22(28)23(24)10-11-23/h2-9,12-13,15H,10-11,14,24H2,1H3. The lowest BCUT2D eigenvalue weighted by Gasteiger charge is -2.13. The maximum atomic E-state index is 11.9. The van der Waals surface area contributed by atoms with Crippen LogP contribution in [0.3, 0.4) is 0 Å². The summed E-state index contributed by atoms with van der Waals surface area (Å²) in [5, 5.41) is 1.16. The molecule has 0 amide bonds. The quantitative estimate of drug-likeness (QED) is 0.531. The van der Waals surface area contributed by atoms with Gasteiger partial charge in [-0.15, -0.1) is 0 Å². The van der Waals surface area contributed by atoms with Gasteiger partial charge in [0, 0.05) is 17.3 Å². The lowest BCUT2D eigenvalue weighted by atomic mass is 10.2. The highest BCUT2D eigenvalue weighted by atomic mass is 16.5. The van der Waals surface area contributed by atoms with Crippen molar-refractivity contribution in [3.05, 3.63) is 78.4 Å². The Kier molecular flexibility index (Phi) is 4.03. The van der Waals surface area contributed by atoms with Crippen molar-refractivity contribution >= 4 is 16.9 Å². The number of aryl methyl sites for hydroxylation is 1. The Hall–Kier alpha value is -3.38. The summed E-state index contributed by atoms with van der Waals surface area (Å²) in [7, 11) is 0. The van der Waals surface area contributed by atoms with Gasteiger partial charge in [0.1, 0.15) is 24.3 Å². The molecule has 1 saturated carbocycles. The number of carbonyl (C=O) groups excluding carboxylic acids is 1. The molecule has 1 fully saturated rings. The zero-order valence-corrected chi connectivity index (χ0v) is 16.2. The van der Waals surface area contributed by atoms with Crippen molar-refractivity contribution in [3.63, 3.8) is 0 Å². The van der Waals surface area contributed by atoms with Crippen LogP contribution in [-0.2, 0) is 16.1 Å². The number of imidazole rings is 1. The van der Waals surface area contributed by atoms with Crippen molar-refractivity contribution in [2.45, 2.75) is 31.9 Å². The van der Waals surface area contributed by atoms with E-state index in [0.717, 1.165) is 33.7 Å². The summed E-state index contributed by atoms with van der Waals surface area (Å²) in [6.07, 6.45) is 5.26. The van der Waals surface area contributed by atoms with Crippen LogP contribution in [0.25, 0.3) is 22.4 Å². The topological polar surface area (TPSA) is 75.1 Å². The van der Waals surface area contributed by atoms with Crippen molar-refractivity contribution in [1.29, 1.82) is 0 Å². The van der Waals surface area contributed by atoms with Gasteiger partial charge in [-0.3, -0.25) is 13.9 Å². The maximum Gasteiger partial charge on any atom is 0.326 e. The monoisotopic (exact) mass is 386 g/mol. The first-order chi connectivity index (χ1) is 14.0. The van der Waals surface area contributed by atoms with Crippen LogP contribution >= 0.6 is 0 Å². The van der Waals surface area contributed by atoms with Gasteiger partial charge in [-0.25, -0.2) is 4.98 Å². The van der Waals surface area contributed by atoms with E-state index in [0.29, 0.717) is 12.8 Å². The number of esters is 1. The third kappa shape index (κ3) is 3.21. The Morgan fingerprint density at radius 2 is 1.93 bits per heavy atom. The third-order valence-corrected chi connectivity index (χ3v) is 5.43. The van der Waals surface area contributed by atoms with Crippen LogP contribution in [0.5, 0.6) is 0 Å². The predicted molar refractivity (Wildman–Crippen MR) is 111 cm³/mol. The number of para-hydroxylation sites is 1. The molecule has 2 aromatic carbocycles. The number of ether oxygens (including phenoxy) is 1. The largest absolute Gasteiger partial charge is 0.459 e. The lowest BCUT2D eigenvalue weighted by Crippen LogP contribution is -2.34. The predicted octanol–water partition coefficient (Wildman–Crippen LogP) is 3.66. The lowest BCUT2D eigenvalue weighted by molar-refractivity contribution is -0.147. The van der Waals surface area contributed by atoms with Crippen LogP contribution in [0.2, 0.25) is 0 Å². The van der Waals surface area contributed by atoms with Crippen LogP contribution in [0.15, 0.2) is 67.1 Å². The Bertz CT molecular complexity index is 1200. The van der Waals surface area contributed by atoms with E-state index >= 15 is 0 Å². The average Bonchev–Trinajstić information content (AvgIpc) is 3.17. The van der Waals surface area contributed by atoms with Gasteiger partial charge in [-0.2, -0.15) is 0 Å². The molecular formula is C23H22N4O2. The molecule has 2 N–H and O–H groups in total. The van der Waals surface area contributed by atoms with E-state index in [1.54, 1.807) is 0 Å². The molecule has 2 aromatic heterocycles. The summed E-state index contributed by atoms with van der Waals surface area (Å²) in [6, 6.07) is 18.5. The van der Waals surface area contributed by atoms with E-state index in [-0.39, 0.29) is 12.6 Å². The highest BCUT2D eigenvalue weighted by Gasteiger charge is 2.47. The number of carbonyl (C=O) groups is 1. The molecule has 0 bridgehead atoms. The molecule has 0 spiro atoms. The maximum absolute atomic E-state index is 11.9. The zero-order valence-electron chi connectivity index (χ0n) is 16.2. The Balaban J connectivity index is 1.48. The van der Waals surface area contributed by atoms with Crippen molar-refractivity contribution in [2.24, 2.45) is 5.73 Å². The Labute approximate surface area is 168 Å². The molecule has 29 heavy (non-hydrogen) atoms. The number of nitrogens with two attached hydrogens (primary N) is 1. The summed E-state index contributed by atoms with van der Waals surface area (Å²) >= 11 is 0. The first-order valence-corrected chi connectivity index (χ1v) is 9.70. The molecule has 0 unspecified atom stereocenters. The second-order valence-electron chi connectivity index (χ2n) is 7.72. The summed E-state index contributed by atoms with van der Waals surface area (Å²) in [5.74, 6) is 0.709. The van der Waals surface area contributed by atoms with Crippen molar-refractivity contribution in [1.82, 2.24) is 14.1 Å². The fraction of sp³-hybridized carbons (Fsp3) is 0.217. The van der Waals surface area contributed by atoms with Crippen molar-refractivity contribution in [3.8, 4) is 11.5 Å². The first kappa shape index (κ1) is 17.7. The number of rotatable bonds is 5. The van der Waals surface area contributed by atoms with Gasteiger partial charge in [0.05, 0.1) is 11.2 Å². The van der Waals surface area contributed by atoms with Gasteiger partial charge in [0.25, 0.3) is 0 Å². The number of hydrogen-bond acceptors (Lipinski definition) is 4. The molecule has 0 radical (unpaired) electrons. The van der Waals surface area contributed by atoms with Crippen LogP contribution in [0, 0.1) is 6.92 Å². The third-order valence-electron chi connectivity index (χ3n) is 5.43. The summed E-state index contributed by atoms with van der Waals surface area (Å²) < 4.78 is 9.60. The SMILES string of the molecule is Cc1cn(-c2cc3ccccc3n2-c2ccc(COC(=O)C3(N)CC3)cc2)cn1. The molecule has 4 aromatic rings. The zero-order chi connectivity index (χ0) is 20.0. The van der Waals surface area contributed by atoms with Crippen LogP contribution in [0.4, 0.5) is 0 Å². The molecule has 0 aliphatic heterocycles. The van der Waals surface area contributed by atoms with E-state index in [1.165, 1.54) is 0 Å². The van der Waals surface area contributed by atoms with Gasteiger partial charge in [-0.05, 0) is 49.6 Å². The number of aromatic nitrogens is 3. The smallest absolute Gasteiger partial charge is 0.326 e. The second kappa shape index (κ2) is 6.60. The molecule has 146 valence electrons. The van der Waals surface area contributed by atoms with Gasteiger partial charge in [0.15, 0.2) is 0 Å². The summed E-state index contributed by atoms with van der Waals surface area (Å²) in [5.41, 5.74) is 9.18. The fourth-order valence-electron chi connectivity index (χ4n) is 3.52. The minimum absolute atomic E-state index is 0.234. The van der Waals surface area contributed by atoms with E-state index in [4.69, 9.17) is 10.5 Å². The highest BCUT2D eigenvalue weighted by Crippen LogP contribution is 2.33. The minimum atomic E-state index is -0.748. The fourth-order valence-corrected chi connectivity index (χ4v) is 3.52. The second-order valence-corrected chi connectivity index (χ2v) is 7.72. The van der Waals surface area contributed by atoms with Gasteiger partial charge in [0.2, 0.25) is 0 Å². The van der Waals surface area contributed by atoms with Gasteiger partial charge >= 0.3 is 5.97 Å².